The van der Waals surface area contributed by atoms with Crippen molar-refractivity contribution in [3.63, 3.8) is 0 Å². The molecule has 0 atom stereocenters. The maximum Gasteiger partial charge on any atom is 0.163 e. The van der Waals surface area contributed by atoms with Crippen LogP contribution in [0, 0.1) is 0 Å². The Morgan fingerprint density at radius 1 is 0.833 bits per heavy atom. The molecule has 0 aromatic heterocycles. The molecule has 0 heterocycles. The number of hydrogen-bond donors (Lipinski definition) is 0. The second-order valence-corrected chi connectivity index (χ2v) is 7.02. The SMILES string of the molecule is CC(C)c1ccc(C(=O)CCC(=O)c2ccc(C3CC3)cc2)cc1. The van der Waals surface area contributed by atoms with Crippen molar-refractivity contribution in [1.29, 1.82) is 0 Å². The van der Waals surface area contributed by atoms with E-state index >= 15 is 0 Å². The van der Waals surface area contributed by atoms with Crippen molar-refractivity contribution in [2.45, 2.75) is 51.4 Å². The minimum absolute atomic E-state index is 0.0354. The average molecular weight is 320 g/mol. The van der Waals surface area contributed by atoms with Gasteiger partial charge in [0, 0.05) is 24.0 Å². The predicted octanol–water partition coefficient (Wildman–Crippen LogP) is 5.53. The lowest BCUT2D eigenvalue weighted by Gasteiger charge is -2.06. The molecule has 124 valence electrons. The molecular formula is C22H24O2. The lowest BCUT2D eigenvalue weighted by atomic mass is 9.97. The molecule has 1 aliphatic rings. The number of rotatable bonds is 7. The van der Waals surface area contributed by atoms with Crippen molar-refractivity contribution < 1.29 is 9.59 Å². The van der Waals surface area contributed by atoms with E-state index in [-0.39, 0.29) is 24.4 Å². The highest BCUT2D eigenvalue weighted by atomic mass is 16.1. The second-order valence-electron chi connectivity index (χ2n) is 7.02. The second kappa shape index (κ2) is 7.12. The Morgan fingerprint density at radius 2 is 1.29 bits per heavy atom. The highest BCUT2D eigenvalue weighted by Gasteiger charge is 2.23. The Morgan fingerprint density at radius 3 is 1.71 bits per heavy atom. The molecular weight excluding hydrogens is 296 g/mol. The number of Topliss-reactive ketones (excluding diaryl/α,β-unsaturated/α-hetero) is 2. The van der Waals surface area contributed by atoms with Crippen LogP contribution in [-0.4, -0.2) is 11.6 Å². The minimum atomic E-state index is 0.0354. The molecule has 2 nitrogen and oxygen atoms in total. The zero-order chi connectivity index (χ0) is 17.1. The van der Waals surface area contributed by atoms with Crippen LogP contribution < -0.4 is 0 Å². The maximum absolute atomic E-state index is 12.3. The van der Waals surface area contributed by atoms with Crippen molar-refractivity contribution in [1.82, 2.24) is 0 Å². The van der Waals surface area contributed by atoms with Gasteiger partial charge in [0.15, 0.2) is 11.6 Å². The molecule has 0 radical (unpaired) electrons. The van der Waals surface area contributed by atoms with E-state index in [2.05, 4.69) is 26.0 Å². The monoisotopic (exact) mass is 320 g/mol. The Bertz CT molecular complexity index is 662. The molecule has 0 unspecified atom stereocenters. The fraction of sp³-hybridized carbons (Fsp3) is 0.364. The zero-order valence-electron chi connectivity index (χ0n) is 14.4. The summed E-state index contributed by atoms with van der Waals surface area (Å²) in [6.45, 7) is 4.26. The van der Waals surface area contributed by atoms with Gasteiger partial charge in [-0.1, -0.05) is 62.4 Å². The molecule has 1 saturated carbocycles. The molecule has 2 heteroatoms. The first-order valence-electron chi connectivity index (χ1n) is 8.81. The van der Waals surface area contributed by atoms with E-state index in [4.69, 9.17) is 0 Å². The van der Waals surface area contributed by atoms with Crippen LogP contribution in [0.15, 0.2) is 48.5 Å². The first-order chi connectivity index (χ1) is 11.5. The van der Waals surface area contributed by atoms with Crippen molar-refractivity contribution in [2.75, 3.05) is 0 Å². The summed E-state index contributed by atoms with van der Waals surface area (Å²) >= 11 is 0. The molecule has 24 heavy (non-hydrogen) atoms. The molecule has 0 spiro atoms. The summed E-state index contributed by atoms with van der Waals surface area (Å²) < 4.78 is 0. The largest absolute Gasteiger partial charge is 0.294 e. The third kappa shape index (κ3) is 4.00. The van der Waals surface area contributed by atoms with Crippen molar-refractivity contribution in [3.8, 4) is 0 Å². The topological polar surface area (TPSA) is 34.1 Å². The van der Waals surface area contributed by atoms with Gasteiger partial charge in [-0.05, 0) is 35.8 Å². The van der Waals surface area contributed by atoms with Crippen molar-refractivity contribution in [3.05, 3.63) is 70.8 Å². The van der Waals surface area contributed by atoms with Gasteiger partial charge in [-0.15, -0.1) is 0 Å². The summed E-state index contributed by atoms with van der Waals surface area (Å²) in [4.78, 5) is 24.5. The van der Waals surface area contributed by atoms with Gasteiger partial charge in [0.2, 0.25) is 0 Å². The van der Waals surface area contributed by atoms with E-state index in [1.54, 1.807) is 0 Å². The normalized spacial score (nSPS) is 14.0. The summed E-state index contributed by atoms with van der Waals surface area (Å²) in [7, 11) is 0. The third-order valence-electron chi connectivity index (χ3n) is 4.76. The predicted molar refractivity (Wildman–Crippen MR) is 96.8 cm³/mol. The molecule has 1 aliphatic carbocycles. The van der Waals surface area contributed by atoms with E-state index in [0.29, 0.717) is 23.0 Å². The van der Waals surface area contributed by atoms with Crippen LogP contribution in [0.1, 0.15) is 83.2 Å². The molecule has 2 aromatic rings. The average Bonchev–Trinajstić information content (AvgIpc) is 3.44. The zero-order valence-corrected chi connectivity index (χ0v) is 14.4. The molecule has 0 bridgehead atoms. The van der Waals surface area contributed by atoms with Crippen LogP contribution in [0.3, 0.4) is 0 Å². The highest BCUT2D eigenvalue weighted by molar-refractivity contribution is 6.02. The molecule has 2 aromatic carbocycles. The number of hydrogen-bond acceptors (Lipinski definition) is 2. The Kier molecular flexibility index (Phi) is 4.94. The molecule has 3 rings (SSSR count). The quantitative estimate of drug-likeness (QED) is 0.628. The van der Waals surface area contributed by atoms with Gasteiger partial charge in [-0.25, -0.2) is 0 Å². The van der Waals surface area contributed by atoms with Crippen molar-refractivity contribution >= 4 is 11.6 Å². The molecule has 0 aliphatic heterocycles. The van der Waals surface area contributed by atoms with E-state index in [1.165, 1.54) is 24.0 Å². The standard InChI is InChI=1S/C22H24O2/c1-15(2)16-3-9-19(10-4-16)21(23)13-14-22(24)20-11-7-18(8-12-20)17-5-6-17/h3-4,7-12,15,17H,5-6,13-14H2,1-2H3. The van der Waals surface area contributed by atoms with Gasteiger partial charge in [0.1, 0.15) is 0 Å². The van der Waals surface area contributed by atoms with Crippen LogP contribution in [0.5, 0.6) is 0 Å². The minimum Gasteiger partial charge on any atom is -0.294 e. The van der Waals surface area contributed by atoms with Crippen LogP contribution in [0.2, 0.25) is 0 Å². The smallest absolute Gasteiger partial charge is 0.163 e. The number of benzene rings is 2. The van der Waals surface area contributed by atoms with Gasteiger partial charge in [-0.3, -0.25) is 9.59 Å². The first kappa shape index (κ1) is 16.6. The van der Waals surface area contributed by atoms with E-state index in [1.807, 2.05) is 36.4 Å². The van der Waals surface area contributed by atoms with Gasteiger partial charge >= 0.3 is 0 Å². The first-order valence-corrected chi connectivity index (χ1v) is 8.81. The summed E-state index contributed by atoms with van der Waals surface area (Å²) in [5.74, 6) is 1.23. The number of ketones is 2. The summed E-state index contributed by atoms with van der Waals surface area (Å²) in [5, 5.41) is 0. The molecule has 0 amide bonds. The molecule has 0 saturated heterocycles. The number of carbonyl (C=O) groups excluding carboxylic acids is 2. The van der Waals surface area contributed by atoms with Crippen molar-refractivity contribution in [2.24, 2.45) is 0 Å². The van der Waals surface area contributed by atoms with Gasteiger partial charge < -0.3 is 0 Å². The molecule has 1 fully saturated rings. The van der Waals surface area contributed by atoms with E-state index in [0.717, 1.165) is 0 Å². The van der Waals surface area contributed by atoms with Gasteiger partial charge in [-0.2, -0.15) is 0 Å². The third-order valence-corrected chi connectivity index (χ3v) is 4.76. The van der Waals surface area contributed by atoms with E-state index < -0.39 is 0 Å². The Balaban J connectivity index is 1.55. The summed E-state index contributed by atoms with van der Waals surface area (Å²) in [6.07, 6.45) is 3.06. The van der Waals surface area contributed by atoms with E-state index in [9.17, 15) is 9.59 Å². The van der Waals surface area contributed by atoms with Gasteiger partial charge in [0.05, 0.1) is 0 Å². The highest BCUT2D eigenvalue weighted by Crippen LogP contribution is 2.39. The summed E-state index contributed by atoms with van der Waals surface area (Å²) in [6, 6.07) is 15.6. The van der Waals surface area contributed by atoms with Crippen LogP contribution in [0.25, 0.3) is 0 Å². The fourth-order valence-corrected chi connectivity index (χ4v) is 2.93. The number of carbonyl (C=O) groups is 2. The Hall–Kier alpha value is -2.22. The Labute approximate surface area is 143 Å². The van der Waals surface area contributed by atoms with Crippen LogP contribution >= 0.6 is 0 Å². The van der Waals surface area contributed by atoms with Crippen LogP contribution in [-0.2, 0) is 0 Å². The lowest BCUT2D eigenvalue weighted by Crippen LogP contribution is -2.05. The molecule has 0 N–H and O–H groups in total. The lowest BCUT2D eigenvalue weighted by molar-refractivity contribution is 0.0917. The summed E-state index contributed by atoms with van der Waals surface area (Å²) in [5.41, 5.74) is 3.95. The maximum atomic E-state index is 12.3. The van der Waals surface area contributed by atoms with Crippen LogP contribution in [0.4, 0.5) is 0 Å². The fourth-order valence-electron chi connectivity index (χ4n) is 2.93. The van der Waals surface area contributed by atoms with Gasteiger partial charge in [0.25, 0.3) is 0 Å².